The molecule has 372 valence electrons. The van der Waals surface area contributed by atoms with Crippen LogP contribution < -0.4 is 10.2 Å². The number of thiazole rings is 1. The van der Waals surface area contributed by atoms with E-state index in [2.05, 4.69) is 22.1 Å². The van der Waals surface area contributed by atoms with Crippen LogP contribution in [0.5, 0.6) is 5.75 Å². The Morgan fingerprint density at radius 1 is 0.813 bits per heavy atom. The fourth-order valence-corrected chi connectivity index (χ4v) is 11.8. The number of morpholine rings is 1. The lowest BCUT2D eigenvalue weighted by molar-refractivity contribution is -0.384. The van der Waals surface area contributed by atoms with E-state index in [0.717, 1.165) is 15.2 Å². The van der Waals surface area contributed by atoms with Crippen LogP contribution >= 0.6 is 11.3 Å². The molecule has 8 aromatic rings. The van der Waals surface area contributed by atoms with Crippen LogP contribution in [-0.2, 0) is 42.4 Å². The highest BCUT2D eigenvalue weighted by molar-refractivity contribution is 7.22. The van der Waals surface area contributed by atoms with Crippen molar-refractivity contribution >= 4 is 61.9 Å². The molecule has 0 bridgehead atoms. The molecule has 11 rings (SSSR count). The Labute approximate surface area is 434 Å². The number of phenols is 1. The number of esters is 1. The Morgan fingerprint density at radius 2 is 1.48 bits per heavy atom. The molecule has 3 aliphatic rings. The standard InChI is InChI=1S/C59H46N6O9S/c1-62(35-38-14-5-2-6-15-38)33-13-16-37-25-32-47-45(34-37)59(56(69)63(47)58(70)73-36-39-23-28-43(29-24-39)65(71)72)49(54(67)61-57-60-46-21-11-12-22-48(46)75-57)51-55(68)74-52(41-19-9-4-10-20-41)50(40-17-7-3-8-18-40)64(51)53(59)42-26-30-44(66)31-27-42/h2-12,14-15,17-32,34,49-53,66H,33,35-36H2,1H3,(H,60,61,67)/t49-,50-,51-,52+,53+,59-/m0/s1. The van der Waals surface area contributed by atoms with Crippen LogP contribution in [0.1, 0.15) is 57.1 Å². The Hall–Kier alpha value is -9.01. The largest absolute Gasteiger partial charge is 0.508 e. The van der Waals surface area contributed by atoms with Crippen molar-refractivity contribution in [1.82, 2.24) is 14.8 Å². The number of ether oxygens (including phenoxy) is 2. The van der Waals surface area contributed by atoms with Gasteiger partial charge in [-0.05, 0) is 95.0 Å². The van der Waals surface area contributed by atoms with Gasteiger partial charge in [0.15, 0.2) is 5.13 Å². The number of nitrogens with zero attached hydrogens (tertiary/aromatic N) is 5. The number of non-ortho nitro benzene ring substituents is 1. The summed E-state index contributed by atoms with van der Waals surface area (Å²) < 4.78 is 13.3. The number of nitro groups is 1. The first-order valence-corrected chi connectivity index (χ1v) is 24.9. The number of hydrogen-bond donors (Lipinski definition) is 2. The Balaban J connectivity index is 1.13. The summed E-state index contributed by atoms with van der Waals surface area (Å²) in [5.41, 5.74) is 2.40. The summed E-state index contributed by atoms with van der Waals surface area (Å²) in [5.74, 6) is 2.44. The van der Waals surface area contributed by atoms with Gasteiger partial charge in [0, 0.05) is 24.2 Å². The van der Waals surface area contributed by atoms with E-state index >= 15 is 14.4 Å². The molecule has 15 nitrogen and oxygen atoms in total. The molecule has 0 saturated carbocycles. The van der Waals surface area contributed by atoms with Crippen molar-refractivity contribution in [3.05, 3.63) is 231 Å². The van der Waals surface area contributed by atoms with Gasteiger partial charge in [0.1, 0.15) is 29.9 Å². The van der Waals surface area contributed by atoms with Crippen LogP contribution in [0, 0.1) is 27.9 Å². The van der Waals surface area contributed by atoms with Gasteiger partial charge in [0.2, 0.25) is 11.8 Å². The molecule has 1 spiro atoms. The number of cyclic esters (lactones) is 1. The van der Waals surface area contributed by atoms with Gasteiger partial charge in [-0.25, -0.2) is 14.7 Å². The van der Waals surface area contributed by atoms with Gasteiger partial charge in [0.05, 0.1) is 45.4 Å². The molecular weight excluding hydrogens is 969 g/mol. The lowest BCUT2D eigenvalue weighted by Crippen LogP contribution is -2.54. The van der Waals surface area contributed by atoms with Crippen LogP contribution in [0.15, 0.2) is 182 Å². The molecule has 4 heterocycles. The Morgan fingerprint density at radius 3 is 2.17 bits per heavy atom. The maximum atomic E-state index is 16.6. The number of aromatic nitrogens is 1. The molecular formula is C59H46N6O9S. The first-order chi connectivity index (χ1) is 36.5. The number of benzene rings is 7. The van der Waals surface area contributed by atoms with Crippen molar-refractivity contribution in [1.29, 1.82) is 0 Å². The number of imide groups is 1. The third-order valence-electron chi connectivity index (χ3n) is 14.0. The SMILES string of the molecule is CN(CC#Cc1ccc2c(c1)[C@]1(C(=O)N2C(=O)OCc2ccc([N+](=O)[O-])cc2)[C@H](C(=O)Nc2nc3ccccc3s2)[C@H]2C(=O)O[C@H](c3ccccc3)[C@H](c3ccccc3)N2[C@@H]1c1ccc(O)cc1)Cc1ccccc1. The van der Waals surface area contributed by atoms with Gasteiger partial charge in [-0.2, -0.15) is 0 Å². The molecule has 3 amide bonds. The number of hydrogen-bond acceptors (Lipinski definition) is 13. The van der Waals surface area contributed by atoms with E-state index in [-0.39, 0.29) is 34.4 Å². The molecule has 1 aromatic heterocycles. The van der Waals surface area contributed by atoms with E-state index in [0.29, 0.717) is 46.4 Å². The molecule has 16 heteroatoms. The number of fused-ring (bicyclic) bond motifs is 4. The molecule has 0 radical (unpaired) electrons. The molecule has 6 atom stereocenters. The van der Waals surface area contributed by atoms with Crippen molar-refractivity contribution in [2.75, 3.05) is 23.8 Å². The number of nitrogens with one attached hydrogen (secondary N) is 1. The second kappa shape index (κ2) is 20.1. The highest BCUT2D eigenvalue weighted by Gasteiger charge is 2.76. The first kappa shape index (κ1) is 48.3. The summed E-state index contributed by atoms with van der Waals surface area (Å²) in [6, 6.07) is 49.1. The molecule has 2 N–H and O–H groups in total. The number of carbonyl (C=O) groups is 4. The van der Waals surface area contributed by atoms with Crippen molar-refractivity contribution < 1.29 is 38.7 Å². The number of amides is 3. The summed E-state index contributed by atoms with van der Waals surface area (Å²) in [4.78, 5) is 83.6. The number of rotatable bonds is 11. The number of carbonyl (C=O) groups excluding carboxylic acids is 4. The maximum Gasteiger partial charge on any atom is 0.421 e. The number of phenolic OH excluding ortho intramolecular Hbond substituents is 1. The minimum atomic E-state index is -2.15. The van der Waals surface area contributed by atoms with Crippen LogP contribution in [-0.4, -0.2) is 68.3 Å². The zero-order valence-corrected chi connectivity index (χ0v) is 41.0. The molecule has 2 fully saturated rings. The normalized spacial score (nSPS) is 20.8. The van der Waals surface area contributed by atoms with Gasteiger partial charge in [-0.1, -0.05) is 138 Å². The van der Waals surface area contributed by atoms with Gasteiger partial charge in [-0.3, -0.25) is 34.3 Å². The fourth-order valence-electron chi connectivity index (χ4n) is 10.9. The molecule has 0 aliphatic carbocycles. The lowest BCUT2D eigenvalue weighted by Gasteiger charge is -2.46. The fraction of sp³-hybridized carbons (Fsp3) is 0.169. The van der Waals surface area contributed by atoms with E-state index in [1.165, 1.54) is 47.7 Å². The highest BCUT2D eigenvalue weighted by atomic mass is 32.1. The molecule has 0 unspecified atom stereocenters. The zero-order valence-electron chi connectivity index (χ0n) is 40.2. The number of para-hydroxylation sites is 1. The molecule has 7 aromatic carbocycles. The molecule has 3 aliphatic heterocycles. The van der Waals surface area contributed by atoms with E-state index < -0.39 is 64.4 Å². The summed E-state index contributed by atoms with van der Waals surface area (Å²) >= 11 is 1.22. The Kier molecular flexibility index (Phi) is 13.0. The van der Waals surface area contributed by atoms with E-state index in [1.54, 1.807) is 30.3 Å². The zero-order chi connectivity index (χ0) is 51.8. The quantitative estimate of drug-likeness (QED) is 0.0542. The van der Waals surface area contributed by atoms with Crippen LogP contribution in [0.4, 0.5) is 21.3 Å². The summed E-state index contributed by atoms with van der Waals surface area (Å²) in [5, 5.41) is 25.5. The highest BCUT2D eigenvalue weighted by Crippen LogP contribution is 2.66. The average molecular weight is 1020 g/mol. The lowest BCUT2D eigenvalue weighted by atomic mass is 9.65. The van der Waals surface area contributed by atoms with Gasteiger partial charge in [0.25, 0.3) is 5.69 Å². The summed E-state index contributed by atoms with van der Waals surface area (Å²) in [7, 11) is 1.95. The second-order valence-electron chi connectivity index (χ2n) is 18.6. The smallest absolute Gasteiger partial charge is 0.421 e. The minimum absolute atomic E-state index is 0.0725. The monoisotopic (exact) mass is 1010 g/mol. The first-order valence-electron chi connectivity index (χ1n) is 24.1. The summed E-state index contributed by atoms with van der Waals surface area (Å²) in [6.07, 6.45) is -2.06. The minimum Gasteiger partial charge on any atom is -0.508 e. The third kappa shape index (κ3) is 8.92. The van der Waals surface area contributed by atoms with Crippen molar-refractivity contribution in [2.24, 2.45) is 5.92 Å². The van der Waals surface area contributed by atoms with Gasteiger partial charge < -0.3 is 19.9 Å². The predicted octanol–water partition coefficient (Wildman–Crippen LogP) is 10.0. The van der Waals surface area contributed by atoms with Crippen LogP contribution in [0.25, 0.3) is 10.2 Å². The van der Waals surface area contributed by atoms with Crippen molar-refractivity contribution in [2.45, 2.75) is 42.8 Å². The topological polar surface area (TPSA) is 185 Å². The number of aromatic hydroxyl groups is 1. The Bertz CT molecular complexity index is 3520. The predicted molar refractivity (Wildman–Crippen MR) is 281 cm³/mol. The molecule has 75 heavy (non-hydrogen) atoms. The van der Waals surface area contributed by atoms with Gasteiger partial charge >= 0.3 is 12.1 Å². The van der Waals surface area contributed by atoms with Gasteiger partial charge in [-0.15, -0.1) is 0 Å². The van der Waals surface area contributed by atoms with E-state index in [9.17, 15) is 20.0 Å². The van der Waals surface area contributed by atoms with E-state index in [1.807, 2.05) is 127 Å². The van der Waals surface area contributed by atoms with Crippen LogP contribution in [0.2, 0.25) is 0 Å². The van der Waals surface area contributed by atoms with Crippen molar-refractivity contribution in [3.8, 4) is 17.6 Å². The molecule has 2 saturated heterocycles. The number of anilines is 2. The third-order valence-corrected chi connectivity index (χ3v) is 15.0. The van der Waals surface area contributed by atoms with E-state index in [4.69, 9.17) is 14.5 Å². The summed E-state index contributed by atoms with van der Waals surface area (Å²) in [6.45, 7) is 0.623. The maximum absolute atomic E-state index is 16.6. The van der Waals surface area contributed by atoms with Crippen LogP contribution in [0.3, 0.4) is 0 Å². The second-order valence-corrected chi connectivity index (χ2v) is 19.7. The number of nitro benzene ring substituents is 1. The average Bonchev–Trinajstić information content (AvgIpc) is 4.22. The van der Waals surface area contributed by atoms with Crippen molar-refractivity contribution in [3.63, 3.8) is 0 Å².